The van der Waals surface area contributed by atoms with Gasteiger partial charge in [-0.15, -0.1) is 0 Å². The van der Waals surface area contributed by atoms with E-state index in [4.69, 9.17) is 10.5 Å². The predicted molar refractivity (Wildman–Crippen MR) is 61.0 cm³/mol. The van der Waals surface area contributed by atoms with Crippen molar-refractivity contribution in [2.75, 3.05) is 7.11 Å². The van der Waals surface area contributed by atoms with Gasteiger partial charge in [0.15, 0.2) is 0 Å². The van der Waals surface area contributed by atoms with Crippen LogP contribution in [0, 0.1) is 5.82 Å². The Hall–Kier alpha value is -1.62. The third kappa shape index (κ3) is 2.55. The zero-order valence-electron chi connectivity index (χ0n) is 9.57. The Kier molecular flexibility index (Phi) is 3.28. The summed E-state index contributed by atoms with van der Waals surface area (Å²) in [4.78, 5) is 11.4. The molecule has 0 spiro atoms. The van der Waals surface area contributed by atoms with E-state index in [2.05, 4.69) is 5.32 Å². The molecule has 1 aromatic rings. The van der Waals surface area contributed by atoms with Crippen LogP contribution in [0.25, 0.3) is 0 Å². The average molecular weight is 238 g/mol. The van der Waals surface area contributed by atoms with Gasteiger partial charge < -0.3 is 15.8 Å². The molecule has 0 aromatic heterocycles. The number of rotatable bonds is 2. The van der Waals surface area contributed by atoms with Crippen LogP contribution in [-0.2, 0) is 4.79 Å². The maximum atomic E-state index is 13.2. The maximum absolute atomic E-state index is 13.2. The normalized spacial score (nSPS) is 24.3. The molecule has 0 bridgehead atoms. The van der Waals surface area contributed by atoms with E-state index in [-0.39, 0.29) is 23.8 Å². The Bertz CT molecular complexity index is 437. The number of ether oxygens (including phenoxy) is 1. The van der Waals surface area contributed by atoms with Gasteiger partial charge in [-0.25, -0.2) is 4.39 Å². The van der Waals surface area contributed by atoms with E-state index < -0.39 is 0 Å². The molecular formula is C12H15FN2O2. The first-order valence-electron chi connectivity index (χ1n) is 5.48. The highest BCUT2D eigenvalue weighted by Crippen LogP contribution is 2.30. The molecule has 3 N–H and O–H groups in total. The number of nitrogens with one attached hydrogen (secondary N) is 1. The number of nitrogens with two attached hydrogens (primary N) is 1. The Morgan fingerprint density at radius 3 is 2.94 bits per heavy atom. The van der Waals surface area contributed by atoms with Crippen molar-refractivity contribution >= 4 is 5.91 Å². The topological polar surface area (TPSA) is 64.3 Å². The van der Waals surface area contributed by atoms with Crippen molar-refractivity contribution in [3.05, 3.63) is 29.6 Å². The van der Waals surface area contributed by atoms with Crippen molar-refractivity contribution < 1.29 is 13.9 Å². The van der Waals surface area contributed by atoms with Gasteiger partial charge in [-0.3, -0.25) is 4.79 Å². The second kappa shape index (κ2) is 4.71. The molecule has 5 heteroatoms. The Balaban J connectivity index is 2.31. The molecule has 17 heavy (non-hydrogen) atoms. The van der Waals surface area contributed by atoms with Crippen molar-refractivity contribution in [3.63, 3.8) is 0 Å². The summed E-state index contributed by atoms with van der Waals surface area (Å²) in [5.74, 6) is 0.0973. The van der Waals surface area contributed by atoms with Gasteiger partial charge in [0.1, 0.15) is 11.6 Å². The average Bonchev–Trinajstić information content (AvgIpc) is 2.27. The SMILES string of the molecule is COc1ccc(F)cc1C1CC(N)CC(=O)N1. The summed E-state index contributed by atoms with van der Waals surface area (Å²) >= 11 is 0. The first-order chi connectivity index (χ1) is 8.10. The van der Waals surface area contributed by atoms with E-state index in [1.165, 1.54) is 19.2 Å². The molecule has 1 aliphatic heterocycles. The van der Waals surface area contributed by atoms with Crippen LogP contribution in [0.5, 0.6) is 5.75 Å². The van der Waals surface area contributed by atoms with E-state index in [0.717, 1.165) is 0 Å². The lowest BCUT2D eigenvalue weighted by Crippen LogP contribution is -2.42. The van der Waals surface area contributed by atoms with Crippen LogP contribution < -0.4 is 15.8 Å². The van der Waals surface area contributed by atoms with E-state index in [1.54, 1.807) is 6.07 Å². The molecule has 1 amide bonds. The van der Waals surface area contributed by atoms with Gasteiger partial charge >= 0.3 is 0 Å². The summed E-state index contributed by atoms with van der Waals surface area (Å²) in [6, 6.07) is 3.78. The Morgan fingerprint density at radius 1 is 1.53 bits per heavy atom. The van der Waals surface area contributed by atoms with E-state index in [9.17, 15) is 9.18 Å². The van der Waals surface area contributed by atoms with Crippen LogP contribution >= 0.6 is 0 Å². The molecule has 2 atom stereocenters. The second-order valence-electron chi connectivity index (χ2n) is 4.21. The van der Waals surface area contributed by atoms with Crippen LogP contribution in [0.15, 0.2) is 18.2 Å². The van der Waals surface area contributed by atoms with Gasteiger partial charge in [0, 0.05) is 18.0 Å². The fourth-order valence-electron chi connectivity index (χ4n) is 2.12. The smallest absolute Gasteiger partial charge is 0.222 e. The zero-order chi connectivity index (χ0) is 12.4. The Labute approximate surface area is 98.9 Å². The number of carbonyl (C=O) groups excluding carboxylic acids is 1. The fraction of sp³-hybridized carbons (Fsp3) is 0.417. The van der Waals surface area contributed by atoms with Crippen molar-refractivity contribution in [2.24, 2.45) is 5.73 Å². The van der Waals surface area contributed by atoms with E-state index in [1.807, 2.05) is 0 Å². The highest BCUT2D eigenvalue weighted by molar-refractivity contribution is 5.78. The molecule has 2 rings (SSSR count). The molecule has 1 heterocycles. The molecule has 1 fully saturated rings. The largest absolute Gasteiger partial charge is 0.496 e. The molecule has 1 aromatic carbocycles. The van der Waals surface area contributed by atoms with Gasteiger partial charge in [-0.1, -0.05) is 0 Å². The third-order valence-corrected chi connectivity index (χ3v) is 2.89. The highest BCUT2D eigenvalue weighted by atomic mass is 19.1. The highest BCUT2D eigenvalue weighted by Gasteiger charge is 2.27. The van der Waals surface area contributed by atoms with Crippen LogP contribution in [0.3, 0.4) is 0 Å². The van der Waals surface area contributed by atoms with Gasteiger partial charge in [-0.2, -0.15) is 0 Å². The summed E-state index contributed by atoms with van der Waals surface area (Å²) < 4.78 is 18.4. The number of piperidine rings is 1. The number of benzene rings is 1. The molecule has 2 unspecified atom stereocenters. The summed E-state index contributed by atoms with van der Waals surface area (Å²) in [6.07, 6.45) is 0.902. The van der Waals surface area contributed by atoms with Gasteiger partial charge in [0.05, 0.1) is 13.2 Å². The number of hydrogen-bond acceptors (Lipinski definition) is 3. The number of methoxy groups -OCH3 is 1. The first-order valence-corrected chi connectivity index (χ1v) is 5.48. The molecule has 1 saturated heterocycles. The summed E-state index contributed by atoms with van der Waals surface area (Å²) in [5.41, 5.74) is 6.42. The molecular weight excluding hydrogens is 223 g/mol. The van der Waals surface area contributed by atoms with Crippen LogP contribution in [0.4, 0.5) is 4.39 Å². The second-order valence-corrected chi connectivity index (χ2v) is 4.21. The van der Waals surface area contributed by atoms with Crippen molar-refractivity contribution in [1.82, 2.24) is 5.32 Å². The molecule has 4 nitrogen and oxygen atoms in total. The summed E-state index contributed by atoms with van der Waals surface area (Å²) in [6.45, 7) is 0. The standard InChI is InChI=1S/C12H15FN2O2/c1-17-11-3-2-7(13)4-9(11)10-5-8(14)6-12(16)15-10/h2-4,8,10H,5-6,14H2,1H3,(H,15,16). The van der Waals surface area contributed by atoms with Crippen LogP contribution in [0.2, 0.25) is 0 Å². The first kappa shape index (κ1) is 11.9. The lowest BCUT2D eigenvalue weighted by atomic mass is 9.93. The number of hydrogen-bond donors (Lipinski definition) is 2. The van der Waals surface area contributed by atoms with Gasteiger partial charge in [0.25, 0.3) is 0 Å². The van der Waals surface area contributed by atoms with Crippen LogP contribution in [-0.4, -0.2) is 19.1 Å². The molecule has 0 radical (unpaired) electrons. The van der Waals surface area contributed by atoms with Crippen molar-refractivity contribution in [3.8, 4) is 5.75 Å². The maximum Gasteiger partial charge on any atom is 0.222 e. The van der Waals surface area contributed by atoms with Crippen molar-refractivity contribution in [2.45, 2.75) is 24.9 Å². The quantitative estimate of drug-likeness (QED) is 0.811. The molecule has 92 valence electrons. The lowest BCUT2D eigenvalue weighted by molar-refractivity contribution is -0.123. The summed E-state index contributed by atoms with van der Waals surface area (Å²) in [7, 11) is 1.52. The minimum Gasteiger partial charge on any atom is -0.496 e. The Morgan fingerprint density at radius 2 is 2.29 bits per heavy atom. The third-order valence-electron chi connectivity index (χ3n) is 2.89. The molecule has 0 saturated carbocycles. The minimum absolute atomic E-state index is 0.111. The summed E-state index contributed by atoms with van der Waals surface area (Å²) in [5, 5.41) is 2.80. The molecule has 0 aliphatic carbocycles. The minimum atomic E-state index is -0.353. The predicted octanol–water partition coefficient (Wildman–Crippen LogP) is 1.11. The molecule has 1 aliphatic rings. The van der Waals surface area contributed by atoms with Crippen LogP contribution in [0.1, 0.15) is 24.4 Å². The van der Waals surface area contributed by atoms with E-state index in [0.29, 0.717) is 24.2 Å². The van der Waals surface area contributed by atoms with Crippen molar-refractivity contribution in [1.29, 1.82) is 0 Å². The zero-order valence-corrected chi connectivity index (χ0v) is 9.57. The lowest BCUT2D eigenvalue weighted by Gasteiger charge is -2.28. The van der Waals surface area contributed by atoms with Gasteiger partial charge in [0.2, 0.25) is 5.91 Å². The van der Waals surface area contributed by atoms with E-state index >= 15 is 0 Å². The van der Waals surface area contributed by atoms with Gasteiger partial charge in [-0.05, 0) is 24.6 Å². The monoisotopic (exact) mass is 238 g/mol. The number of amides is 1. The number of halogens is 1. The number of carbonyl (C=O) groups is 1. The fourth-order valence-corrected chi connectivity index (χ4v) is 2.12.